The Hall–Kier alpha value is -1.13. The van der Waals surface area contributed by atoms with Gasteiger partial charge in [-0.05, 0) is 30.2 Å². The Morgan fingerprint density at radius 2 is 1.89 bits per heavy atom. The Morgan fingerprint density at radius 3 is 2.50 bits per heavy atom. The SMILES string of the molecule is CC.Cc1c(F)cc(N)cc1CN1CCOCC1. The molecule has 2 N–H and O–H groups in total. The van der Waals surface area contributed by atoms with Crippen LogP contribution < -0.4 is 5.73 Å². The average Bonchev–Trinajstić information content (AvgIpc) is 2.39. The normalized spacial score (nSPS) is 16.0. The van der Waals surface area contributed by atoms with Crippen LogP contribution in [0, 0.1) is 12.7 Å². The fraction of sp³-hybridized carbons (Fsp3) is 0.571. The van der Waals surface area contributed by atoms with E-state index in [4.69, 9.17) is 10.5 Å². The molecule has 18 heavy (non-hydrogen) atoms. The number of hydrogen-bond acceptors (Lipinski definition) is 3. The van der Waals surface area contributed by atoms with E-state index in [-0.39, 0.29) is 5.82 Å². The summed E-state index contributed by atoms with van der Waals surface area (Å²) in [4.78, 5) is 2.25. The van der Waals surface area contributed by atoms with Crippen LogP contribution in [0.5, 0.6) is 0 Å². The van der Waals surface area contributed by atoms with E-state index in [1.54, 1.807) is 6.92 Å². The van der Waals surface area contributed by atoms with Gasteiger partial charge in [0.1, 0.15) is 5.82 Å². The van der Waals surface area contributed by atoms with E-state index in [0.717, 1.165) is 38.4 Å². The first kappa shape index (κ1) is 14.9. The minimum absolute atomic E-state index is 0.219. The van der Waals surface area contributed by atoms with Crippen molar-refractivity contribution in [2.45, 2.75) is 27.3 Å². The molecular formula is C14H23FN2O. The quantitative estimate of drug-likeness (QED) is 0.824. The summed E-state index contributed by atoms with van der Waals surface area (Å²) in [5.74, 6) is -0.219. The van der Waals surface area contributed by atoms with Crippen molar-refractivity contribution in [2.75, 3.05) is 32.0 Å². The zero-order valence-corrected chi connectivity index (χ0v) is 11.5. The average molecular weight is 254 g/mol. The lowest BCUT2D eigenvalue weighted by Gasteiger charge is -2.27. The monoisotopic (exact) mass is 254 g/mol. The summed E-state index contributed by atoms with van der Waals surface area (Å²) in [7, 11) is 0. The molecule has 0 aliphatic carbocycles. The highest BCUT2D eigenvalue weighted by Gasteiger charge is 2.13. The fourth-order valence-corrected chi connectivity index (χ4v) is 1.92. The second-order valence-corrected chi connectivity index (χ2v) is 4.18. The highest BCUT2D eigenvalue weighted by atomic mass is 19.1. The van der Waals surface area contributed by atoms with E-state index in [0.29, 0.717) is 11.3 Å². The molecule has 3 nitrogen and oxygen atoms in total. The Morgan fingerprint density at radius 1 is 1.28 bits per heavy atom. The van der Waals surface area contributed by atoms with Crippen LogP contribution in [-0.4, -0.2) is 31.2 Å². The number of morpholine rings is 1. The third kappa shape index (κ3) is 3.96. The van der Waals surface area contributed by atoms with Gasteiger partial charge in [-0.3, -0.25) is 4.90 Å². The Bertz CT molecular complexity index is 376. The summed E-state index contributed by atoms with van der Waals surface area (Å²) >= 11 is 0. The lowest BCUT2D eigenvalue weighted by Crippen LogP contribution is -2.35. The van der Waals surface area contributed by atoms with Crippen molar-refractivity contribution in [1.29, 1.82) is 0 Å². The molecule has 0 atom stereocenters. The molecule has 0 unspecified atom stereocenters. The summed E-state index contributed by atoms with van der Waals surface area (Å²) in [5.41, 5.74) is 7.81. The predicted molar refractivity (Wildman–Crippen MR) is 73.0 cm³/mol. The van der Waals surface area contributed by atoms with Crippen LogP contribution in [0.1, 0.15) is 25.0 Å². The summed E-state index contributed by atoms with van der Waals surface area (Å²) < 4.78 is 18.7. The first-order chi connectivity index (χ1) is 8.66. The number of benzene rings is 1. The van der Waals surface area contributed by atoms with Gasteiger partial charge in [-0.2, -0.15) is 0 Å². The molecule has 1 aromatic rings. The van der Waals surface area contributed by atoms with Crippen molar-refractivity contribution in [1.82, 2.24) is 4.90 Å². The maximum absolute atomic E-state index is 13.5. The molecule has 1 aliphatic heterocycles. The number of nitrogens with two attached hydrogens (primary N) is 1. The summed E-state index contributed by atoms with van der Waals surface area (Å²) in [6, 6.07) is 3.23. The Kier molecular flexibility index (Phi) is 6.09. The van der Waals surface area contributed by atoms with Gasteiger partial charge in [0.25, 0.3) is 0 Å². The zero-order chi connectivity index (χ0) is 13.5. The largest absolute Gasteiger partial charge is 0.399 e. The Balaban J connectivity index is 0.000000771. The third-order valence-corrected chi connectivity index (χ3v) is 2.97. The maximum atomic E-state index is 13.5. The highest BCUT2D eigenvalue weighted by molar-refractivity contribution is 5.45. The highest BCUT2D eigenvalue weighted by Crippen LogP contribution is 2.19. The summed E-state index contributed by atoms with van der Waals surface area (Å²) in [6.45, 7) is 9.85. The third-order valence-electron chi connectivity index (χ3n) is 2.97. The number of ether oxygens (including phenoxy) is 1. The predicted octanol–water partition coefficient (Wildman–Crippen LogP) is 2.57. The molecule has 0 radical (unpaired) electrons. The molecule has 0 spiro atoms. The van der Waals surface area contributed by atoms with Crippen LogP contribution in [0.15, 0.2) is 12.1 Å². The molecule has 1 fully saturated rings. The number of nitrogens with zero attached hydrogens (tertiary/aromatic N) is 1. The molecule has 102 valence electrons. The number of nitrogen functional groups attached to an aromatic ring is 1. The number of hydrogen-bond donors (Lipinski definition) is 1. The smallest absolute Gasteiger partial charge is 0.128 e. The van der Waals surface area contributed by atoms with Gasteiger partial charge in [0.2, 0.25) is 0 Å². The van der Waals surface area contributed by atoms with Crippen molar-refractivity contribution in [3.05, 3.63) is 29.1 Å². The molecule has 0 amide bonds. The van der Waals surface area contributed by atoms with Crippen LogP contribution in [0.2, 0.25) is 0 Å². The molecule has 0 aromatic heterocycles. The summed E-state index contributed by atoms with van der Waals surface area (Å²) in [5, 5.41) is 0. The standard InChI is InChI=1S/C12H17FN2O.C2H6/c1-9-10(6-11(14)7-12(9)13)8-15-2-4-16-5-3-15;1-2/h6-7H,2-5,8,14H2,1H3;1-2H3. The number of rotatable bonds is 2. The van der Waals surface area contributed by atoms with Gasteiger partial charge in [-0.15, -0.1) is 0 Å². The molecule has 1 aromatic carbocycles. The van der Waals surface area contributed by atoms with Crippen LogP contribution in [0.25, 0.3) is 0 Å². The molecule has 0 bridgehead atoms. The molecule has 4 heteroatoms. The first-order valence-corrected chi connectivity index (χ1v) is 6.51. The van der Waals surface area contributed by atoms with Crippen molar-refractivity contribution < 1.29 is 9.13 Å². The molecule has 0 saturated carbocycles. The number of halogens is 1. The molecule has 1 heterocycles. The van der Waals surface area contributed by atoms with E-state index in [2.05, 4.69) is 4.90 Å². The van der Waals surface area contributed by atoms with Crippen LogP contribution in [0.4, 0.5) is 10.1 Å². The molecule has 2 rings (SSSR count). The van der Waals surface area contributed by atoms with Gasteiger partial charge < -0.3 is 10.5 Å². The minimum atomic E-state index is -0.219. The lowest BCUT2D eigenvalue weighted by atomic mass is 10.1. The molecular weight excluding hydrogens is 231 g/mol. The van der Waals surface area contributed by atoms with E-state index in [1.165, 1.54) is 6.07 Å². The first-order valence-electron chi connectivity index (χ1n) is 6.51. The second-order valence-electron chi connectivity index (χ2n) is 4.18. The van der Waals surface area contributed by atoms with E-state index < -0.39 is 0 Å². The van der Waals surface area contributed by atoms with Gasteiger partial charge in [0.15, 0.2) is 0 Å². The maximum Gasteiger partial charge on any atom is 0.128 e. The zero-order valence-electron chi connectivity index (χ0n) is 11.5. The number of anilines is 1. The van der Waals surface area contributed by atoms with E-state index in [1.807, 2.05) is 19.9 Å². The van der Waals surface area contributed by atoms with Crippen molar-refractivity contribution in [3.8, 4) is 0 Å². The van der Waals surface area contributed by atoms with Crippen LogP contribution in [-0.2, 0) is 11.3 Å². The van der Waals surface area contributed by atoms with E-state index in [9.17, 15) is 4.39 Å². The van der Waals surface area contributed by atoms with Crippen molar-refractivity contribution >= 4 is 5.69 Å². The topological polar surface area (TPSA) is 38.5 Å². The van der Waals surface area contributed by atoms with Gasteiger partial charge in [-0.25, -0.2) is 4.39 Å². The molecule has 1 aliphatic rings. The fourth-order valence-electron chi connectivity index (χ4n) is 1.92. The van der Waals surface area contributed by atoms with Crippen LogP contribution in [0.3, 0.4) is 0 Å². The van der Waals surface area contributed by atoms with Gasteiger partial charge in [0.05, 0.1) is 13.2 Å². The van der Waals surface area contributed by atoms with Gasteiger partial charge in [0, 0.05) is 25.3 Å². The van der Waals surface area contributed by atoms with Crippen molar-refractivity contribution in [2.24, 2.45) is 0 Å². The van der Waals surface area contributed by atoms with E-state index >= 15 is 0 Å². The van der Waals surface area contributed by atoms with Crippen LogP contribution >= 0.6 is 0 Å². The Labute approximate surface area is 109 Å². The lowest BCUT2D eigenvalue weighted by molar-refractivity contribution is 0.0341. The second kappa shape index (κ2) is 7.34. The summed E-state index contributed by atoms with van der Waals surface area (Å²) in [6.07, 6.45) is 0. The van der Waals surface area contributed by atoms with Gasteiger partial charge in [-0.1, -0.05) is 13.8 Å². The van der Waals surface area contributed by atoms with Crippen molar-refractivity contribution in [3.63, 3.8) is 0 Å². The van der Waals surface area contributed by atoms with Gasteiger partial charge >= 0.3 is 0 Å². The minimum Gasteiger partial charge on any atom is -0.399 e. The molecule has 1 saturated heterocycles.